The highest BCUT2D eigenvalue weighted by molar-refractivity contribution is 5.93. The second kappa shape index (κ2) is 8.10. The molecule has 2 aromatic carbocycles. The van der Waals surface area contributed by atoms with Crippen LogP contribution in [0.3, 0.4) is 0 Å². The van der Waals surface area contributed by atoms with Crippen molar-refractivity contribution in [2.24, 2.45) is 5.92 Å². The van der Waals surface area contributed by atoms with Crippen molar-refractivity contribution < 1.29 is 24.4 Å². The van der Waals surface area contributed by atoms with Gasteiger partial charge in [0.15, 0.2) is 0 Å². The highest BCUT2D eigenvalue weighted by atomic mass is 16.7. The van der Waals surface area contributed by atoms with E-state index in [0.29, 0.717) is 37.6 Å². The summed E-state index contributed by atoms with van der Waals surface area (Å²) in [7, 11) is 0. The molecule has 1 saturated heterocycles. The fraction of sp³-hybridized carbons (Fsp3) is 0.333. The summed E-state index contributed by atoms with van der Waals surface area (Å²) in [5, 5.41) is 10.6. The number of amides is 2. The van der Waals surface area contributed by atoms with Crippen LogP contribution in [-0.4, -0.2) is 52.7 Å². The Bertz CT molecular complexity index is 898. The number of carbonyl (C=O) groups excluding carboxylic acids is 2. The number of fused-ring (bicyclic) bond motifs is 1. The first-order chi connectivity index (χ1) is 14.0. The molecule has 2 heterocycles. The van der Waals surface area contributed by atoms with Crippen LogP contribution in [0.4, 0.5) is 0 Å². The molecule has 8 nitrogen and oxygen atoms in total. The van der Waals surface area contributed by atoms with Gasteiger partial charge >= 0.3 is 0 Å². The smallest absolute Gasteiger partial charge is 0.274 e. The Morgan fingerprint density at radius 3 is 2.66 bits per heavy atom. The number of nitrogens with one attached hydrogen (secondary N) is 1. The van der Waals surface area contributed by atoms with Gasteiger partial charge in [-0.1, -0.05) is 24.3 Å². The second-order valence-electron chi connectivity index (χ2n) is 7.34. The van der Waals surface area contributed by atoms with Crippen molar-refractivity contribution in [3.63, 3.8) is 0 Å². The van der Waals surface area contributed by atoms with Crippen LogP contribution < -0.4 is 15.1 Å². The van der Waals surface area contributed by atoms with Crippen molar-refractivity contribution in [3.05, 3.63) is 59.7 Å². The summed E-state index contributed by atoms with van der Waals surface area (Å²) in [6.45, 7) is 3.77. The monoisotopic (exact) mass is 397 g/mol. The normalized spacial score (nSPS) is 19.4. The van der Waals surface area contributed by atoms with Crippen molar-refractivity contribution in [1.29, 1.82) is 0 Å². The molecule has 152 valence electrons. The van der Waals surface area contributed by atoms with Crippen LogP contribution in [0.2, 0.25) is 0 Å². The third-order valence-corrected chi connectivity index (χ3v) is 5.24. The Labute approximate surface area is 168 Å². The van der Waals surface area contributed by atoms with Crippen LogP contribution in [0.1, 0.15) is 22.8 Å². The molecule has 0 radical (unpaired) electrons. The lowest BCUT2D eigenvalue weighted by Gasteiger charge is -2.40. The molecule has 0 aliphatic carbocycles. The van der Waals surface area contributed by atoms with Gasteiger partial charge in [0, 0.05) is 30.8 Å². The Hall–Kier alpha value is -3.10. The van der Waals surface area contributed by atoms with Crippen molar-refractivity contribution in [3.8, 4) is 11.5 Å². The van der Waals surface area contributed by atoms with Crippen LogP contribution in [0.5, 0.6) is 11.5 Å². The lowest BCUT2D eigenvalue weighted by Crippen LogP contribution is -2.57. The predicted octanol–water partition coefficient (Wildman–Crippen LogP) is 1.84. The number of ether oxygens (including phenoxy) is 1. The molecule has 1 atom stereocenters. The summed E-state index contributed by atoms with van der Waals surface area (Å²) >= 11 is 0. The van der Waals surface area contributed by atoms with E-state index in [-0.39, 0.29) is 17.9 Å². The highest BCUT2D eigenvalue weighted by Gasteiger charge is 2.39. The van der Waals surface area contributed by atoms with E-state index in [4.69, 9.17) is 14.8 Å². The minimum atomic E-state index is -0.602. The summed E-state index contributed by atoms with van der Waals surface area (Å²) in [6, 6.07) is 14.3. The number of nitrogens with zero attached hydrogens (tertiary/aromatic N) is 2. The largest absolute Gasteiger partial charge is 0.491 e. The Kier molecular flexibility index (Phi) is 5.37. The van der Waals surface area contributed by atoms with Gasteiger partial charge in [-0.05, 0) is 31.2 Å². The minimum Gasteiger partial charge on any atom is -0.491 e. The molecule has 2 amide bonds. The zero-order valence-electron chi connectivity index (χ0n) is 16.1. The van der Waals surface area contributed by atoms with Crippen LogP contribution in [0.25, 0.3) is 0 Å². The molecule has 2 aliphatic heterocycles. The lowest BCUT2D eigenvalue weighted by atomic mass is 9.99. The average Bonchev–Trinajstić information content (AvgIpc) is 2.88. The number of carbonyl (C=O) groups is 2. The lowest BCUT2D eigenvalue weighted by molar-refractivity contribution is -0.170. The number of benzene rings is 2. The number of hydrogen-bond acceptors (Lipinski definition) is 6. The van der Waals surface area contributed by atoms with Gasteiger partial charge in [0.2, 0.25) is 5.91 Å². The predicted molar refractivity (Wildman–Crippen MR) is 103 cm³/mol. The molecule has 0 bridgehead atoms. The molecule has 0 spiro atoms. The SMILES string of the molecule is C[C@H]1COc2cc(C(=O)NO)ccc2CN1C(=O)C1CN(Oc2ccccc2)C1. The van der Waals surface area contributed by atoms with Crippen molar-refractivity contribution in [1.82, 2.24) is 15.4 Å². The summed E-state index contributed by atoms with van der Waals surface area (Å²) in [6.07, 6.45) is 0. The van der Waals surface area contributed by atoms with E-state index in [1.165, 1.54) is 0 Å². The minimum absolute atomic E-state index is 0.0686. The molecule has 0 unspecified atom stereocenters. The topological polar surface area (TPSA) is 91.3 Å². The fourth-order valence-electron chi connectivity index (χ4n) is 3.49. The van der Waals surface area contributed by atoms with Gasteiger partial charge in [-0.2, -0.15) is 0 Å². The number of rotatable bonds is 4. The van der Waals surface area contributed by atoms with Crippen LogP contribution in [0, 0.1) is 5.92 Å². The van der Waals surface area contributed by atoms with E-state index in [9.17, 15) is 9.59 Å². The van der Waals surface area contributed by atoms with Gasteiger partial charge in [0.25, 0.3) is 5.91 Å². The van der Waals surface area contributed by atoms with E-state index in [1.54, 1.807) is 28.7 Å². The molecule has 2 aromatic rings. The molecule has 1 fully saturated rings. The van der Waals surface area contributed by atoms with E-state index in [1.807, 2.05) is 42.2 Å². The molecule has 29 heavy (non-hydrogen) atoms. The van der Waals surface area contributed by atoms with Gasteiger partial charge in [0.1, 0.15) is 18.1 Å². The first-order valence-corrected chi connectivity index (χ1v) is 9.53. The molecular weight excluding hydrogens is 374 g/mol. The first-order valence-electron chi connectivity index (χ1n) is 9.53. The fourth-order valence-corrected chi connectivity index (χ4v) is 3.49. The third-order valence-electron chi connectivity index (χ3n) is 5.24. The average molecular weight is 397 g/mol. The third kappa shape index (κ3) is 4.03. The molecule has 0 aromatic heterocycles. The molecular formula is C21H23N3O5. The van der Waals surface area contributed by atoms with Gasteiger partial charge in [-0.25, -0.2) is 5.48 Å². The molecule has 8 heteroatoms. The summed E-state index contributed by atoms with van der Waals surface area (Å²) in [4.78, 5) is 32.3. The van der Waals surface area contributed by atoms with Crippen LogP contribution in [-0.2, 0) is 11.3 Å². The Morgan fingerprint density at radius 2 is 1.93 bits per heavy atom. The van der Waals surface area contributed by atoms with Crippen LogP contribution in [0.15, 0.2) is 48.5 Å². The van der Waals surface area contributed by atoms with Crippen molar-refractivity contribution in [2.75, 3.05) is 19.7 Å². The van der Waals surface area contributed by atoms with Crippen molar-refractivity contribution >= 4 is 11.8 Å². The highest BCUT2D eigenvalue weighted by Crippen LogP contribution is 2.29. The molecule has 2 aliphatic rings. The number of hydroxylamine groups is 3. The standard InChI is InChI=1S/C21H23N3O5/c1-14-13-28-19-9-15(20(25)22-27)7-8-16(19)12-24(14)21(26)17-10-23(11-17)29-18-5-3-2-4-6-18/h2-9,14,17,27H,10-13H2,1H3,(H,22,25)/t14-/m0/s1. The molecule has 2 N–H and O–H groups in total. The maximum absolute atomic E-state index is 13.1. The quantitative estimate of drug-likeness (QED) is 0.604. The van der Waals surface area contributed by atoms with Crippen LogP contribution >= 0.6 is 0 Å². The molecule has 4 rings (SSSR count). The van der Waals surface area contributed by atoms with Gasteiger partial charge in [-0.3, -0.25) is 14.8 Å². The van der Waals surface area contributed by atoms with Gasteiger partial charge in [0.05, 0.1) is 12.0 Å². The number of para-hydroxylation sites is 1. The van der Waals surface area contributed by atoms with E-state index >= 15 is 0 Å². The first kappa shape index (κ1) is 19.2. The summed E-state index contributed by atoms with van der Waals surface area (Å²) in [5.74, 6) is 0.651. The zero-order chi connectivity index (χ0) is 20.4. The molecule has 0 saturated carbocycles. The Balaban J connectivity index is 1.41. The van der Waals surface area contributed by atoms with Gasteiger partial charge < -0.3 is 14.5 Å². The summed E-state index contributed by atoms with van der Waals surface area (Å²) in [5.41, 5.74) is 2.74. The van der Waals surface area contributed by atoms with E-state index < -0.39 is 5.91 Å². The Morgan fingerprint density at radius 1 is 1.17 bits per heavy atom. The van der Waals surface area contributed by atoms with E-state index in [2.05, 4.69) is 0 Å². The van der Waals surface area contributed by atoms with Crippen molar-refractivity contribution in [2.45, 2.75) is 19.5 Å². The van der Waals surface area contributed by atoms with Gasteiger partial charge in [-0.15, -0.1) is 5.06 Å². The zero-order valence-corrected chi connectivity index (χ0v) is 16.1. The maximum atomic E-state index is 13.1. The number of hydrogen-bond donors (Lipinski definition) is 2. The summed E-state index contributed by atoms with van der Waals surface area (Å²) < 4.78 is 5.82. The maximum Gasteiger partial charge on any atom is 0.274 e. The second-order valence-corrected chi connectivity index (χ2v) is 7.34. The van der Waals surface area contributed by atoms with E-state index in [0.717, 1.165) is 11.3 Å².